The molecule has 2 rings (SSSR count). The maximum Gasteiger partial charge on any atom is 0.0499 e. The lowest BCUT2D eigenvalue weighted by atomic mass is 9.70. The molecule has 112 valence electrons. The Bertz CT molecular complexity index is 270. The molecule has 2 nitrogen and oxygen atoms in total. The molecule has 2 unspecified atom stereocenters. The van der Waals surface area contributed by atoms with Gasteiger partial charge in [0, 0.05) is 24.6 Å². The lowest BCUT2D eigenvalue weighted by Gasteiger charge is -2.44. The lowest BCUT2D eigenvalue weighted by Crippen LogP contribution is -2.46. The van der Waals surface area contributed by atoms with Gasteiger partial charge in [0.25, 0.3) is 0 Å². The average Bonchev–Trinajstić information content (AvgIpc) is 2.42. The molecule has 0 spiro atoms. The molecule has 0 aliphatic heterocycles. The highest BCUT2D eigenvalue weighted by Gasteiger charge is 2.36. The molecule has 0 heterocycles. The number of rotatable bonds is 4. The summed E-state index contributed by atoms with van der Waals surface area (Å²) in [5.74, 6) is 1.75. The summed E-state index contributed by atoms with van der Waals surface area (Å²) in [5.41, 5.74) is 0.196. The Balaban J connectivity index is 1.90. The van der Waals surface area contributed by atoms with E-state index in [4.69, 9.17) is 0 Å². The number of aliphatic hydroxyl groups excluding tert-OH is 1. The summed E-state index contributed by atoms with van der Waals surface area (Å²) in [4.78, 5) is 2.57. The molecule has 0 saturated heterocycles. The van der Waals surface area contributed by atoms with Crippen molar-refractivity contribution in [2.75, 3.05) is 20.2 Å². The summed E-state index contributed by atoms with van der Waals surface area (Å²) in [6, 6.07) is 0.756. The van der Waals surface area contributed by atoms with Gasteiger partial charge in [0.15, 0.2) is 0 Å². The molecule has 2 atom stereocenters. The summed E-state index contributed by atoms with van der Waals surface area (Å²) in [7, 11) is 2.29. The topological polar surface area (TPSA) is 23.5 Å². The van der Waals surface area contributed by atoms with Gasteiger partial charge in [-0.15, -0.1) is 0 Å². The molecule has 2 heteroatoms. The van der Waals surface area contributed by atoms with E-state index in [0.717, 1.165) is 24.4 Å². The quantitative estimate of drug-likeness (QED) is 0.840. The summed E-state index contributed by atoms with van der Waals surface area (Å²) in [6.07, 6.45) is 10.6. The van der Waals surface area contributed by atoms with Crippen molar-refractivity contribution in [3.05, 3.63) is 0 Å². The minimum Gasteiger partial charge on any atom is -0.396 e. The molecule has 0 aromatic rings. The molecule has 2 saturated carbocycles. The van der Waals surface area contributed by atoms with Crippen molar-refractivity contribution in [2.24, 2.45) is 17.3 Å². The first-order chi connectivity index (χ1) is 9.04. The molecule has 2 fully saturated rings. The molecule has 0 radical (unpaired) electrons. The fraction of sp³-hybridized carbons (Fsp3) is 1.00. The minimum atomic E-state index is 0.196. The van der Waals surface area contributed by atoms with E-state index in [-0.39, 0.29) is 5.41 Å². The Kier molecular flexibility index (Phi) is 5.30. The van der Waals surface area contributed by atoms with Crippen LogP contribution in [-0.2, 0) is 0 Å². The number of hydrogen-bond acceptors (Lipinski definition) is 2. The molecular weight excluding hydrogens is 234 g/mol. The van der Waals surface area contributed by atoms with Crippen LogP contribution in [0.15, 0.2) is 0 Å². The van der Waals surface area contributed by atoms with Gasteiger partial charge in [-0.2, -0.15) is 0 Å². The van der Waals surface area contributed by atoms with Crippen LogP contribution in [0, 0.1) is 17.3 Å². The highest BCUT2D eigenvalue weighted by Crippen LogP contribution is 2.40. The van der Waals surface area contributed by atoms with E-state index in [1.807, 2.05) is 0 Å². The van der Waals surface area contributed by atoms with Gasteiger partial charge in [-0.25, -0.2) is 0 Å². The van der Waals surface area contributed by atoms with E-state index >= 15 is 0 Å². The Hall–Kier alpha value is -0.0800. The second kappa shape index (κ2) is 6.58. The second-order valence-electron chi connectivity index (χ2n) is 7.68. The normalized spacial score (nSPS) is 40.6. The standard InChI is InChI=1S/C17H33NO/c1-14-7-9-17(13-19,10-8-14)12-18(3)16-6-4-5-15(2)11-16/h14-16,19H,4-13H2,1-3H3. The van der Waals surface area contributed by atoms with E-state index in [1.54, 1.807) is 0 Å². The predicted octanol–water partition coefficient (Wildman–Crippen LogP) is 3.69. The van der Waals surface area contributed by atoms with E-state index in [2.05, 4.69) is 25.8 Å². The van der Waals surface area contributed by atoms with Gasteiger partial charge in [-0.1, -0.05) is 39.5 Å². The lowest BCUT2D eigenvalue weighted by molar-refractivity contribution is 0.0166. The molecule has 0 aromatic heterocycles. The van der Waals surface area contributed by atoms with Crippen LogP contribution >= 0.6 is 0 Å². The van der Waals surface area contributed by atoms with Crippen LogP contribution in [0.5, 0.6) is 0 Å². The van der Waals surface area contributed by atoms with Gasteiger partial charge in [0.05, 0.1) is 0 Å². The second-order valence-corrected chi connectivity index (χ2v) is 7.68. The van der Waals surface area contributed by atoms with Gasteiger partial charge in [-0.05, 0) is 44.6 Å². The van der Waals surface area contributed by atoms with Crippen LogP contribution in [0.2, 0.25) is 0 Å². The summed E-state index contributed by atoms with van der Waals surface area (Å²) >= 11 is 0. The monoisotopic (exact) mass is 267 g/mol. The Morgan fingerprint density at radius 3 is 2.32 bits per heavy atom. The van der Waals surface area contributed by atoms with Crippen molar-refractivity contribution < 1.29 is 5.11 Å². The molecule has 0 amide bonds. The first kappa shape index (κ1) is 15.3. The molecule has 0 bridgehead atoms. The fourth-order valence-corrected chi connectivity index (χ4v) is 4.20. The highest BCUT2D eigenvalue weighted by molar-refractivity contribution is 4.89. The zero-order valence-electron chi connectivity index (χ0n) is 13.2. The van der Waals surface area contributed by atoms with Crippen LogP contribution in [0.25, 0.3) is 0 Å². The van der Waals surface area contributed by atoms with Crippen molar-refractivity contribution in [3.8, 4) is 0 Å². The van der Waals surface area contributed by atoms with E-state index in [9.17, 15) is 5.11 Å². The maximum absolute atomic E-state index is 9.90. The van der Waals surface area contributed by atoms with Crippen LogP contribution in [-0.4, -0.2) is 36.2 Å². The summed E-state index contributed by atoms with van der Waals surface area (Å²) < 4.78 is 0. The van der Waals surface area contributed by atoms with E-state index < -0.39 is 0 Å². The number of aliphatic hydroxyl groups is 1. The molecule has 1 N–H and O–H groups in total. The van der Waals surface area contributed by atoms with Crippen LogP contribution < -0.4 is 0 Å². The van der Waals surface area contributed by atoms with Crippen molar-refractivity contribution in [3.63, 3.8) is 0 Å². The minimum absolute atomic E-state index is 0.196. The van der Waals surface area contributed by atoms with Gasteiger partial charge in [0.2, 0.25) is 0 Å². The molecule has 0 aromatic carbocycles. The van der Waals surface area contributed by atoms with Gasteiger partial charge >= 0.3 is 0 Å². The number of hydrogen-bond donors (Lipinski definition) is 1. The van der Waals surface area contributed by atoms with Crippen molar-refractivity contribution in [2.45, 2.75) is 71.3 Å². The first-order valence-electron chi connectivity index (χ1n) is 8.36. The number of nitrogens with zero attached hydrogens (tertiary/aromatic N) is 1. The zero-order chi connectivity index (χ0) is 13.9. The van der Waals surface area contributed by atoms with Crippen molar-refractivity contribution >= 4 is 0 Å². The Labute approximate surface area is 119 Å². The first-order valence-corrected chi connectivity index (χ1v) is 8.36. The van der Waals surface area contributed by atoms with Gasteiger partial charge in [0.1, 0.15) is 0 Å². The Morgan fingerprint density at radius 2 is 1.74 bits per heavy atom. The molecule has 19 heavy (non-hydrogen) atoms. The van der Waals surface area contributed by atoms with Crippen LogP contribution in [0.1, 0.15) is 65.2 Å². The third-order valence-corrected chi connectivity index (χ3v) is 5.79. The SMILES string of the molecule is CC1CCC(CO)(CN(C)C2CCCC(C)C2)CC1. The van der Waals surface area contributed by atoms with Crippen LogP contribution in [0.3, 0.4) is 0 Å². The Morgan fingerprint density at radius 1 is 1.05 bits per heavy atom. The third-order valence-electron chi connectivity index (χ3n) is 5.79. The highest BCUT2D eigenvalue weighted by atomic mass is 16.3. The summed E-state index contributed by atoms with van der Waals surface area (Å²) in [6.45, 7) is 6.23. The van der Waals surface area contributed by atoms with E-state index in [1.165, 1.54) is 51.4 Å². The third kappa shape index (κ3) is 3.95. The van der Waals surface area contributed by atoms with Gasteiger partial charge < -0.3 is 10.0 Å². The predicted molar refractivity (Wildman–Crippen MR) is 81.2 cm³/mol. The molecule has 2 aliphatic carbocycles. The van der Waals surface area contributed by atoms with Crippen molar-refractivity contribution in [1.29, 1.82) is 0 Å². The molecule has 2 aliphatic rings. The maximum atomic E-state index is 9.90. The van der Waals surface area contributed by atoms with E-state index in [0.29, 0.717) is 6.61 Å². The van der Waals surface area contributed by atoms with Crippen LogP contribution in [0.4, 0.5) is 0 Å². The van der Waals surface area contributed by atoms with Crippen molar-refractivity contribution in [1.82, 2.24) is 4.90 Å². The zero-order valence-corrected chi connectivity index (χ0v) is 13.2. The van der Waals surface area contributed by atoms with Gasteiger partial charge in [-0.3, -0.25) is 0 Å². The average molecular weight is 267 g/mol. The fourth-order valence-electron chi connectivity index (χ4n) is 4.20. The largest absolute Gasteiger partial charge is 0.396 e. The molecular formula is C17H33NO. The summed E-state index contributed by atoms with van der Waals surface area (Å²) in [5, 5.41) is 9.90. The smallest absolute Gasteiger partial charge is 0.0499 e.